The number of hydrogen-bond acceptors (Lipinski definition) is 6. The zero-order valence-corrected chi connectivity index (χ0v) is 13.0. The van der Waals surface area contributed by atoms with E-state index in [9.17, 15) is 14.9 Å². The van der Waals surface area contributed by atoms with Crippen LogP contribution in [0.5, 0.6) is 0 Å². The Labute approximate surface area is 132 Å². The first kappa shape index (κ1) is 15.4. The molecule has 23 heavy (non-hydrogen) atoms. The summed E-state index contributed by atoms with van der Waals surface area (Å²) in [6.45, 7) is 6.41. The summed E-state index contributed by atoms with van der Waals surface area (Å²) in [5.74, 6) is 0. The summed E-state index contributed by atoms with van der Waals surface area (Å²) < 4.78 is 0. The van der Waals surface area contributed by atoms with Crippen LogP contribution in [0.15, 0.2) is 23.3 Å². The normalized spacial score (nSPS) is 16.0. The van der Waals surface area contributed by atoms with E-state index in [1.165, 1.54) is 12.4 Å². The summed E-state index contributed by atoms with van der Waals surface area (Å²) in [6.07, 6.45) is 2.42. The van der Waals surface area contributed by atoms with E-state index in [1.54, 1.807) is 6.07 Å². The number of nitro benzene ring substituents is 1. The van der Waals surface area contributed by atoms with Crippen molar-refractivity contribution in [3.05, 3.63) is 38.9 Å². The lowest BCUT2D eigenvalue weighted by Crippen LogP contribution is -2.46. The van der Waals surface area contributed by atoms with Gasteiger partial charge in [0, 0.05) is 32.2 Å². The highest BCUT2D eigenvalue weighted by Crippen LogP contribution is 2.31. The quantitative estimate of drug-likeness (QED) is 0.676. The molecule has 0 spiro atoms. The molecule has 8 heteroatoms. The first-order chi connectivity index (χ1) is 11.1. The van der Waals surface area contributed by atoms with Crippen LogP contribution < -0.4 is 10.5 Å². The minimum Gasteiger partial charge on any atom is -0.363 e. The zero-order valence-electron chi connectivity index (χ0n) is 13.0. The Morgan fingerprint density at radius 2 is 2.04 bits per heavy atom. The smallest absolute Gasteiger partial charge is 0.293 e. The number of aromatic nitrogens is 2. The molecule has 0 bridgehead atoms. The van der Waals surface area contributed by atoms with E-state index in [0.29, 0.717) is 11.2 Å². The Kier molecular flexibility index (Phi) is 4.24. The Hall–Kier alpha value is -2.48. The number of fused-ring (bicyclic) bond motifs is 1. The lowest BCUT2D eigenvalue weighted by molar-refractivity contribution is -0.384. The van der Waals surface area contributed by atoms with Crippen molar-refractivity contribution in [3.63, 3.8) is 0 Å². The number of rotatable bonds is 4. The second kappa shape index (κ2) is 6.33. The maximum absolute atomic E-state index is 11.8. The zero-order chi connectivity index (χ0) is 16.4. The van der Waals surface area contributed by atoms with Crippen molar-refractivity contribution < 1.29 is 4.92 Å². The SMILES string of the molecule is CCCN1CCN(c2cc3nc[nH]c(=O)c3cc2[N+](=O)[O-])CC1. The van der Waals surface area contributed by atoms with Gasteiger partial charge in [-0.25, -0.2) is 4.98 Å². The number of hydrogen-bond donors (Lipinski definition) is 1. The minimum atomic E-state index is -0.431. The number of nitro groups is 1. The molecule has 1 aromatic heterocycles. The lowest BCUT2D eigenvalue weighted by Gasteiger charge is -2.35. The summed E-state index contributed by atoms with van der Waals surface area (Å²) in [6, 6.07) is 2.98. The van der Waals surface area contributed by atoms with Gasteiger partial charge >= 0.3 is 0 Å². The van der Waals surface area contributed by atoms with Crippen LogP contribution >= 0.6 is 0 Å². The third kappa shape index (κ3) is 3.02. The Morgan fingerprint density at radius 1 is 1.30 bits per heavy atom. The van der Waals surface area contributed by atoms with E-state index < -0.39 is 4.92 Å². The summed E-state index contributed by atoms with van der Waals surface area (Å²) in [5, 5.41) is 11.7. The molecule has 0 unspecified atom stereocenters. The first-order valence-electron chi connectivity index (χ1n) is 7.73. The van der Waals surface area contributed by atoms with Crippen molar-refractivity contribution in [2.45, 2.75) is 13.3 Å². The molecule has 0 amide bonds. The molecule has 1 N–H and O–H groups in total. The fourth-order valence-corrected chi connectivity index (χ4v) is 3.02. The van der Waals surface area contributed by atoms with Crippen LogP contribution in [0.4, 0.5) is 11.4 Å². The Morgan fingerprint density at radius 3 is 2.70 bits per heavy atom. The van der Waals surface area contributed by atoms with Gasteiger partial charge in [0.1, 0.15) is 5.69 Å². The largest absolute Gasteiger partial charge is 0.363 e. The number of benzene rings is 1. The van der Waals surface area contributed by atoms with Crippen LogP contribution in [-0.4, -0.2) is 52.5 Å². The van der Waals surface area contributed by atoms with Crippen LogP contribution in [0, 0.1) is 10.1 Å². The van der Waals surface area contributed by atoms with Gasteiger partial charge in [-0.15, -0.1) is 0 Å². The summed E-state index contributed by atoms with van der Waals surface area (Å²) in [7, 11) is 0. The van der Waals surface area contributed by atoms with E-state index in [-0.39, 0.29) is 16.6 Å². The molecule has 8 nitrogen and oxygen atoms in total. The molecule has 1 aliphatic heterocycles. The van der Waals surface area contributed by atoms with Gasteiger partial charge in [-0.3, -0.25) is 19.8 Å². The minimum absolute atomic E-state index is 0.0417. The average Bonchev–Trinajstić information content (AvgIpc) is 2.55. The molecule has 2 aromatic rings. The van der Waals surface area contributed by atoms with Gasteiger partial charge in [-0.05, 0) is 19.0 Å². The second-order valence-corrected chi connectivity index (χ2v) is 5.68. The monoisotopic (exact) mass is 317 g/mol. The van der Waals surface area contributed by atoms with Gasteiger partial charge in [0.2, 0.25) is 0 Å². The van der Waals surface area contributed by atoms with Gasteiger partial charge in [-0.1, -0.05) is 6.92 Å². The fourth-order valence-electron chi connectivity index (χ4n) is 3.02. The van der Waals surface area contributed by atoms with Gasteiger partial charge in [0.25, 0.3) is 11.2 Å². The summed E-state index contributed by atoms with van der Waals surface area (Å²) in [4.78, 5) is 33.7. The molecule has 1 fully saturated rings. The maximum atomic E-state index is 11.8. The molecule has 2 heterocycles. The number of piperazine rings is 1. The highest BCUT2D eigenvalue weighted by Gasteiger charge is 2.25. The van der Waals surface area contributed by atoms with Crippen LogP contribution in [0.25, 0.3) is 10.9 Å². The maximum Gasteiger partial charge on any atom is 0.293 e. The van der Waals surface area contributed by atoms with E-state index >= 15 is 0 Å². The molecule has 0 saturated carbocycles. The summed E-state index contributed by atoms with van der Waals surface area (Å²) >= 11 is 0. The molecule has 122 valence electrons. The van der Waals surface area contributed by atoms with E-state index in [2.05, 4.69) is 21.8 Å². The standard InChI is InChI=1S/C15H19N5O3/c1-2-3-18-4-6-19(7-5-18)13-9-12-11(8-14(13)20(22)23)15(21)17-10-16-12/h8-10H,2-7H2,1H3,(H,16,17,21). The Balaban J connectivity index is 1.98. The van der Waals surface area contributed by atoms with Gasteiger partial charge in [0.15, 0.2) is 0 Å². The highest BCUT2D eigenvalue weighted by molar-refractivity contribution is 5.87. The first-order valence-corrected chi connectivity index (χ1v) is 7.73. The van der Waals surface area contributed by atoms with Crippen LogP contribution in [-0.2, 0) is 0 Å². The molecule has 0 radical (unpaired) electrons. The van der Waals surface area contributed by atoms with Gasteiger partial charge in [0.05, 0.1) is 22.2 Å². The van der Waals surface area contributed by atoms with Crippen molar-refractivity contribution in [2.24, 2.45) is 0 Å². The second-order valence-electron chi connectivity index (χ2n) is 5.68. The van der Waals surface area contributed by atoms with Crippen LogP contribution in [0.1, 0.15) is 13.3 Å². The molecule has 1 aliphatic rings. The van der Waals surface area contributed by atoms with Gasteiger partial charge in [-0.2, -0.15) is 0 Å². The predicted octanol–water partition coefficient (Wildman–Crippen LogP) is 1.36. The van der Waals surface area contributed by atoms with Crippen LogP contribution in [0.3, 0.4) is 0 Å². The molecule has 1 saturated heterocycles. The van der Waals surface area contributed by atoms with E-state index in [0.717, 1.165) is 39.1 Å². The molecule has 0 atom stereocenters. The van der Waals surface area contributed by atoms with Gasteiger partial charge < -0.3 is 9.88 Å². The highest BCUT2D eigenvalue weighted by atomic mass is 16.6. The molecule has 0 aliphatic carbocycles. The molecular formula is C15H19N5O3. The predicted molar refractivity (Wildman–Crippen MR) is 88.0 cm³/mol. The number of anilines is 1. The van der Waals surface area contributed by atoms with Crippen molar-refractivity contribution in [1.29, 1.82) is 0 Å². The number of nitrogens with one attached hydrogen (secondary N) is 1. The van der Waals surface area contributed by atoms with Crippen molar-refractivity contribution in [3.8, 4) is 0 Å². The third-order valence-corrected chi connectivity index (χ3v) is 4.19. The summed E-state index contributed by atoms with van der Waals surface area (Å²) in [5.41, 5.74) is 0.611. The average molecular weight is 317 g/mol. The lowest BCUT2D eigenvalue weighted by atomic mass is 10.1. The van der Waals surface area contributed by atoms with Crippen LogP contribution in [0.2, 0.25) is 0 Å². The topological polar surface area (TPSA) is 95.4 Å². The van der Waals surface area contributed by atoms with E-state index in [4.69, 9.17) is 0 Å². The number of H-pyrrole nitrogens is 1. The third-order valence-electron chi connectivity index (χ3n) is 4.19. The molecular weight excluding hydrogens is 298 g/mol. The number of nitrogens with zero attached hydrogens (tertiary/aromatic N) is 4. The van der Waals surface area contributed by atoms with Crippen molar-refractivity contribution >= 4 is 22.3 Å². The van der Waals surface area contributed by atoms with Crippen molar-refractivity contribution in [2.75, 3.05) is 37.6 Å². The fraction of sp³-hybridized carbons (Fsp3) is 0.467. The van der Waals surface area contributed by atoms with Crippen molar-refractivity contribution in [1.82, 2.24) is 14.9 Å². The number of aromatic amines is 1. The molecule has 3 rings (SSSR count). The van der Waals surface area contributed by atoms with E-state index in [1.807, 2.05) is 4.90 Å². The molecule has 1 aromatic carbocycles. The Bertz CT molecular complexity index is 780.